The minimum Gasteiger partial charge on any atom is -0.368 e. The molecule has 1 saturated carbocycles. The third-order valence-corrected chi connectivity index (χ3v) is 4.35. The summed E-state index contributed by atoms with van der Waals surface area (Å²) in [5, 5.41) is 0. The molecule has 1 heteroatoms. The summed E-state index contributed by atoms with van der Waals surface area (Å²) >= 11 is 0. The zero-order valence-corrected chi connectivity index (χ0v) is 13.6. The molecule has 110 valence electrons. The molecule has 0 spiro atoms. The Morgan fingerprint density at radius 1 is 1.40 bits per heavy atom. The highest BCUT2D eigenvalue weighted by Crippen LogP contribution is 2.34. The predicted molar refractivity (Wildman–Crippen MR) is 89.5 cm³/mol. The van der Waals surface area contributed by atoms with E-state index in [2.05, 4.69) is 57.4 Å². The van der Waals surface area contributed by atoms with E-state index in [0.717, 1.165) is 12.3 Å². The summed E-state index contributed by atoms with van der Waals surface area (Å²) in [6.07, 6.45) is 5.03. The highest BCUT2D eigenvalue weighted by molar-refractivity contribution is 5.55. The Morgan fingerprint density at radius 2 is 2.10 bits per heavy atom. The number of hydrogen-bond donors (Lipinski definition) is 0. The lowest BCUT2D eigenvalue weighted by Crippen LogP contribution is -2.35. The van der Waals surface area contributed by atoms with E-state index in [1.165, 1.54) is 48.2 Å². The van der Waals surface area contributed by atoms with E-state index in [4.69, 9.17) is 0 Å². The van der Waals surface area contributed by atoms with Gasteiger partial charge >= 0.3 is 0 Å². The van der Waals surface area contributed by atoms with Crippen LogP contribution in [0.2, 0.25) is 0 Å². The average molecular weight is 271 g/mol. The van der Waals surface area contributed by atoms with Gasteiger partial charge in [0.05, 0.1) is 0 Å². The van der Waals surface area contributed by atoms with Crippen molar-refractivity contribution >= 4 is 5.69 Å². The van der Waals surface area contributed by atoms with Crippen molar-refractivity contribution in [1.29, 1.82) is 0 Å². The summed E-state index contributed by atoms with van der Waals surface area (Å²) in [5.41, 5.74) is 5.45. The molecule has 0 bridgehead atoms. The predicted octanol–water partition coefficient (Wildman–Crippen LogP) is 5.13. The van der Waals surface area contributed by atoms with Crippen molar-refractivity contribution in [2.45, 2.75) is 59.4 Å². The summed E-state index contributed by atoms with van der Waals surface area (Å²) < 4.78 is 0. The summed E-state index contributed by atoms with van der Waals surface area (Å²) in [7, 11) is 0. The maximum atomic E-state index is 4.02. The van der Waals surface area contributed by atoms with E-state index in [-0.39, 0.29) is 0 Å². The minimum atomic E-state index is 0.626. The zero-order valence-electron chi connectivity index (χ0n) is 13.6. The van der Waals surface area contributed by atoms with Gasteiger partial charge in [0.25, 0.3) is 0 Å². The third-order valence-electron chi connectivity index (χ3n) is 4.35. The number of benzene rings is 1. The van der Waals surface area contributed by atoms with Crippen molar-refractivity contribution in [2.24, 2.45) is 5.92 Å². The first-order valence-corrected chi connectivity index (χ1v) is 8.01. The molecule has 1 aliphatic carbocycles. The van der Waals surface area contributed by atoms with E-state index in [0.29, 0.717) is 6.04 Å². The molecule has 0 N–H and O–H groups in total. The quantitative estimate of drug-likeness (QED) is 0.621. The van der Waals surface area contributed by atoms with Crippen LogP contribution in [0.25, 0.3) is 0 Å². The fraction of sp³-hybridized carbons (Fsp3) is 0.579. The molecule has 1 fully saturated rings. The van der Waals surface area contributed by atoms with Crippen LogP contribution in [0.4, 0.5) is 5.69 Å². The monoisotopic (exact) mass is 271 g/mol. The smallest absolute Gasteiger partial charge is 0.0398 e. The molecule has 1 aliphatic rings. The Balaban J connectivity index is 2.20. The molecule has 0 heterocycles. The molecule has 1 atom stereocenters. The van der Waals surface area contributed by atoms with E-state index >= 15 is 0 Å². The number of hydrogen-bond acceptors (Lipinski definition) is 1. The second-order valence-corrected chi connectivity index (χ2v) is 6.61. The summed E-state index contributed by atoms with van der Waals surface area (Å²) in [6, 6.07) is 7.56. The van der Waals surface area contributed by atoms with Crippen LogP contribution >= 0.6 is 0 Å². The van der Waals surface area contributed by atoms with Crippen LogP contribution in [0.3, 0.4) is 0 Å². The highest BCUT2D eigenvalue weighted by Gasteiger charge is 2.27. The van der Waals surface area contributed by atoms with Gasteiger partial charge in [0.15, 0.2) is 0 Å². The number of anilines is 1. The maximum Gasteiger partial charge on any atom is 0.0398 e. The van der Waals surface area contributed by atoms with Gasteiger partial charge in [0.1, 0.15) is 0 Å². The molecule has 1 aromatic rings. The lowest BCUT2D eigenvalue weighted by Gasteiger charge is -2.32. The third kappa shape index (κ3) is 3.88. The van der Waals surface area contributed by atoms with Crippen LogP contribution in [0.1, 0.15) is 51.2 Å². The molecule has 0 aliphatic heterocycles. The number of aryl methyl sites for hydroxylation is 1. The zero-order chi connectivity index (χ0) is 14.7. The van der Waals surface area contributed by atoms with Gasteiger partial charge < -0.3 is 4.90 Å². The number of nitrogens with zero attached hydrogens (tertiary/aromatic N) is 1. The van der Waals surface area contributed by atoms with Crippen LogP contribution in [0.5, 0.6) is 0 Å². The second kappa shape index (κ2) is 6.47. The van der Waals surface area contributed by atoms with Crippen molar-refractivity contribution in [1.82, 2.24) is 0 Å². The van der Waals surface area contributed by atoms with Gasteiger partial charge in [-0.05, 0) is 69.6 Å². The molecule has 20 heavy (non-hydrogen) atoms. The standard InChI is InChI=1S/C19H29N/c1-6-16(5)20(13-17-7-8-17)19-10-9-18(11-14(2)3)12-15(19)4/h9-10,12,16-17H,2,6-8,11,13H2,1,3-5H3. The van der Waals surface area contributed by atoms with E-state index < -0.39 is 0 Å². The molecule has 2 rings (SSSR count). The topological polar surface area (TPSA) is 3.24 Å². The molecule has 1 aromatic carbocycles. The van der Waals surface area contributed by atoms with Crippen LogP contribution < -0.4 is 4.90 Å². The van der Waals surface area contributed by atoms with Crippen molar-refractivity contribution in [3.05, 3.63) is 41.5 Å². The van der Waals surface area contributed by atoms with Crippen LogP contribution in [-0.2, 0) is 6.42 Å². The molecule has 0 radical (unpaired) electrons. The Bertz CT molecular complexity index is 471. The van der Waals surface area contributed by atoms with Gasteiger partial charge in [-0.25, -0.2) is 0 Å². The second-order valence-electron chi connectivity index (χ2n) is 6.61. The van der Waals surface area contributed by atoms with E-state index in [9.17, 15) is 0 Å². The van der Waals surface area contributed by atoms with Gasteiger partial charge in [0, 0.05) is 18.3 Å². The molecule has 0 aromatic heterocycles. The first-order valence-electron chi connectivity index (χ1n) is 8.01. The van der Waals surface area contributed by atoms with Gasteiger partial charge in [0.2, 0.25) is 0 Å². The Labute approximate surface area is 124 Å². The van der Waals surface area contributed by atoms with Crippen molar-refractivity contribution in [2.75, 3.05) is 11.4 Å². The molecule has 1 unspecified atom stereocenters. The maximum absolute atomic E-state index is 4.02. The van der Waals surface area contributed by atoms with Crippen LogP contribution in [0, 0.1) is 12.8 Å². The first-order chi connectivity index (χ1) is 9.51. The molecular formula is C19H29N. The van der Waals surface area contributed by atoms with Crippen molar-refractivity contribution < 1.29 is 0 Å². The average Bonchev–Trinajstić information content (AvgIpc) is 3.19. The van der Waals surface area contributed by atoms with Gasteiger partial charge in [-0.2, -0.15) is 0 Å². The van der Waals surface area contributed by atoms with Crippen LogP contribution in [0.15, 0.2) is 30.4 Å². The summed E-state index contributed by atoms with van der Waals surface area (Å²) in [4.78, 5) is 2.62. The fourth-order valence-corrected chi connectivity index (χ4v) is 2.81. The van der Waals surface area contributed by atoms with Crippen molar-refractivity contribution in [3.63, 3.8) is 0 Å². The lowest BCUT2D eigenvalue weighted by atomic mass is 10.0. The Kier molecular flexibility index (Phi) is 4.91. The molecule has 0 amide bonds. The summed E-state index contributed by atoms with van der Waals surface area (Å²) in [6.45, 7) is 14.2. The largest absolute Gasteiger partial charge is 0.368 e. The van der Waals surface area contributed by atoms with Gasteiger partial charge in [-0.3, -0.25) is 0 Å². The van der Waals surface area contributed by atoms with Crippen molar-refractivity contribution in [3.8, 4) is 0 Å². The summed E-state index contributed by atoms with van der Waals surface area (Å²) in [5.74, 6) is 0.929. The Hall–Kier alpha value is -1.24. The van der Waals surface area contributed by atoms with Gasteiger partial charge in [-0.1, -0.05) is 31.2 Å². The first kappa shape index (κ1) is 15.2. The van der Waals surface area contributed by atoms with E-state index in [1.807, 2.05) is 0 Å². The SMILES string of the molecule is C=C(C)Cc1ccc(N(CC2CC2)C(C)CC)c(C)c1. The number of rotatable bonds is 7. The minimum absolute atomic E-state index is 0.626. The molecular weight excluding hydrogens is 242 g/mol. The fourth-order valence-electron chi connectivity index (χ4n) is 2.81. The molecule has 1 nitrogen and oxygen atoms in total. The van der Waals surface area contributed by atoms with Crippen LogP contribution in [-0.4, -0.2) is 12.6 Å². The highest BCUT2D eigenvalue weighted by atomic mass is 15.2. The normalized spacial score (nSPS) is 16.0. The number of allylic oxidation sites excluding steroid dienone is 1. The van der Waals surface area contributed by atoms with E-state index in [1.54, 1.807) is 0 Å². The molecule has 0 saturated heterocycles. The lowest BCUT2D eigenvalue weighted by molar-refractivity contribution is 0.591. The van der Waals surface area contributed by atoms with Gasteiger partial charge in [-0.15, -0.1) is 0 Å². The Morgan fingerprint density at radius 3 is 2.60 bits per heavy atom.